The summed E-state index contributed by atoms with van der Waals surface area (Å²) in [4.78, 5) is 3.48. The first-order valence-electron chi connectivity index (χ1n) is 5.51. The molecule has 2 heteroatoms. The Balaban J connectivity index is 2.74. The van der Waals surface area contributed by atoms with Crippen LogP contribution in [0.2, 0.25) is 0 Å². The van der Waals surface area contributed by atoms with E-state index in [2.05, 4.69) is 43.6 Å². The normalized spacial score (nSPS) is 11.2. The van der Waals surface area contributed by atoms with Gasteiger partial charge in [0.25, 0.3) is 0 Å². The van der Waals surface area contributed by atoms with Gasteiger partial charge in [0.2, 0.25) is 0 Å². The van der Waals surface area contributed by atoms with E-state index in [1.54, 1.807) is 0 Å². The van der Waals surface area contributed by atoms with Crippen molar-refractivity contribution in [3.05, 3.63) is 34.5 Å². The summed E-state index contributed by atoms with van der Waals surface area (Å²) < 4.78 is 0. The predicted molar refractivity (Wildman–Crippen MR) is 64.0 cm³/mol. The molecule has 0 bridgehead atoms. The second kappa shape index (κ2) is 3.70. The highest BCUT2D eigenvalue weighted by molar-refractivity contribution is 5.87. The predicted octanol–water partition coefficient (Wildman–Crippen LogP) is 1.88. The highest BCUT2D eigenvalue weighted by Gasteiger charge is 2.10. The summed E-state index contributed by atoms with van der Waals surface area (Å²) in [5.74, 6) is 0. The first-order valence-corrected chi connectivity index (χ1v) is 5.51. The van der Waals surface area contributed by atoms with E-state index in [-0.39, 0.29) is 0 Å². The van der Waals surface area contributed by atoms with Crippen LogP contribution in [0, 0.1) is 20.8 Å². The SMILES string of the molecule is Cc1cc(C)c2[nH]c(C)c(CC[NH3+])c2c1. The molecule has 4 N–H and O–H groups in total. The Morgan fingerprint density at radius 3 is 2.60 bits per heavy atom. The minimum absolute atomic E-state index is 0.959. The molecule has 0 radical (unpaired) electrons. The number of hydrogen-bond acceptors (Lipinski definition) is 0. The molecule has 0 unspecified atom stereocenters. The van der Waals surface area contributed by atoms with E-state index in [4.69, 9.17) is 0 Å². The maximum Gasteiger partial charge on any atom is 0.0781 e. The van der Waals surface area contributed by atoms with Crippen molar-refractivity contribution in [2.24, 2.45) is 0 Å². The zero-order chi connectivity index (χ0) is 11.0. The number of aromatic amines is 1. The van der Waals surface area contributed by atoms with Crippen LogP contribution in [0.25, 0.3) is 10.9 Å². The van der Waals surface area contributed by atoms with Gasteiger partial charge in [0.15, 0.2) is 0 Å². The summed E-state index contributed by atoms with van der Waals surface area (Å²) in [6, 6.07) is 4.50. The minimum Gasteiger partial charge on any atom is -0.358 e. The highest BCUT2D eigenvalue weighted by Crippen LogP contribution is 2.26. The third-order valence-corrected chi connectivity index (χ3v) is 3.00. The highest BCUT2D eigenvalue weighted by atomic mass is 14.7. The Morgan fingerprint density at radius 1 is 1.20 bits per heavy atom. The van der Waals surface area contributed by atoms with E-state index in [1.807, 2.05) is 0 Å². The van der Waals surface area contributed by atoms with E-state index in [0.29, 0.717) is 0 Å². The lowest BCUT2D eigenvalue weighted by atomic mass is 10.0. The van der Waals surface area contributed by atoms with E-state index in [0.717, 1.165) is 13.0 Å². The number of fused-ring (bicyclic) bond motifs is 1. The van der Waals surface area contributed by atoms with Crippen molar-refractivity contribution in [2.75, 3.05) is 6.54 Å². The monoisotopic (exact) mass is 203 g/mol. The average molecular weight is 203 g/mol. The number of benzene rings is 1. The molecule has 0 aliphatic rings. The molecule has 0 fully saturated rings. The van der Waals surface area contributed by atoms with Gasteiger partial charge in [-0.25, -0.2) is 0 Å². The maximum atomic E-state index is 3.94. The third kappa shape index (κ3) is 1.65. The fourth-order valence-electron chi connectivity index (χ4n) is 2.34. The van der Waals surface area contributed by atoms with Gasteiger partial charge in [-0.05, 0) is 38.0 Å². The molecule has 0 atom stereocenters. The Bertz CT molecular complexity index is 495. The molecule has 0 amide bonds. The molecule has 0 spiro atoms. The van der Waals surface area contributed by atoms with Gasteiger partial charge in [-0.3, -0.25) is 0 Å². The number of aryl methyl sites for hydroxylation is 3. The fraction of sp³-hybridized carbons (Fsp3) is 0.385. The van der Waals surface area contributed by atoms with Crippen molar-refractivity contribution in [1.29, 1.82) is 0 Å². The van der Waals surface area contributed by atoms with Crippen LogP contribution < -0.4 is 5.73 Å². The summed E-state index contributed by atoms with van der Waals surface area (Å²) in [6.45, 7) is 7.43. The average Bonchev–Trinajstić information content (AvgIpc) is 2.46. The molecule has 0 aliphatic heterocycles. The Labute approximate surface area is 90.5 Å². The van der Waals surface area contributed by atoms with Crippen LogP contribution in [0.15, 0.2) is 12.1 Å². The molecule has 0 aliphatic carbocycles. The van der Waals surface area contributed by atoms with Crippen LogP contribution in [0.4, 0.5) is 0 Å². The fourth-order valence-corrected chi connectivity index (χ4v) is 2.34. The topological polar surface area (TPSA) is 43.4 Å². The summed E-state index contributed by atoms with van der Waals surface area (Å²) in [5.41, 5.74) is 10.6. The second-order valence-corrected chi connectivity index (χ2v) is 4.34. The molecule has 15 heavy (non-hydrogen) atoms. The van der Waals surface area contributed by atoms with Crippen molar-refractivity contribution >= 4 is 10.9 Å². The van der Waals surface area contributed by atoms with Gasteiger partial charge >= 0.3 is 0 Å². The molecular formula is C13H19N2+. The van der Waals surface area contributed by atoms with Crippen molar-refractivity contribution in [3.8, 4) is 0 Å². The maximum absolute atomic E-state index is 3.94. The second-order valence-electron chi connectivity index (χ2n) is 4.34. The molecule has 1 aromatic carbocycles. The standard InChI is InChI=1S/C13H18N2/c1-8-6-9(2)13-12(7-8)11(4-5-14)10(3)15-13/h6-7,15H,4-5,14H2,1-3H3/p+1. The lowest BCUT2D eigenvalue weighted by molar-refractivity contribution is -0.366. The van der Waals surface area contributed by atoms with E-state index in [1.165, 1.54) is 33.3 Å². The van der Waals surface area contributed by atoms with Gasteiger partial charge in [-0.1, -0.05) is 11.6 Å². The van der Waals surface area contributed by atoms with Crippen LogP contribution in [0.1, 0.15) is 22.4 Å². The Morgan fingerprint density at radius 2 is 1.93 bits per heavy atom. The number of hydrogen-bond donors (Lipinski definition) is 2. The number of H-pyrrole nitrogens is 1. The van der Waals surface area contributed by atoms with Crippen molar-refractivity contribution in [1.82, 2.24) is 4.98 Å². The summed E-state index contributed by atoms with van der Waals surface area (Å²) in [6.07, 6.45) is 1.06. The molecule has 0 saturated carbocycles. The first kappa shape index (κ1) is 10.2. The van der Waals surface area contributed by atoms with Gasteiger partial charge in [0, 0.05) is 23.0 Å². The summed E-state index contributed by atoms with van der Waals surface area (Å²) in [7, 11) is 0. The number of nitrogens with one attached hydrogen (secondary N) is 1. The molecule has 1 aromatic heterocycles. The smallest absolute Gasteiger partial charge is 0.0781 e. The molecular weight excluding hydrogens is 184 g/mol. The van der Waals surface area contributed by atoms with Crippen LogP contribution in [-0.2, 0) is 6.42 Å². The number of quaternary nitrogens is 1. The van der Waals surface area contributed by atoms with Crippen LogP contribution in [0.5, 0.6) is 0 Å². The van der Waals surface area contributed by atoms with Gasteiger partial charge in [0.1, 0.15) is 0 Å². The zero-order valence-corrected chi connectivity index (χ0v) is 9.78. The molecule has 0 saturated heterocycles. The first-order chi connectivity index (χ1) is 7.13. The zero-order valence-electron chi connectivity index (χ0n) is 9.78. The lowest BCUT2D eigenvalue weighted by Gasteiger charge is -2.01. The van der Waals surface area contributed by atoms with Crippen molar-refractivity contribution in [3.63, 3.8) is 0 Å². The Hall–Kier alpha value is -1.28. The van der Waals surface area contributed by atoms with Crippen LogP contribution >= 0.6 is 0 Å². The van der Waals surface area contributed by atoms with Gasteiger partial charge < -0.3 is 10.7 Å². The lowest BCUT2D eigenvalue weighted by Crippen LogP contribution is -2.51. The molecule has 2 aromatic rings. The Kier molecular flexibility index (Phi) is 2.53. The molecule has 2 rings (SSSR count). The largest absolute Gasteiger partial charge is 0.358 e. The van der Waals surface area contributed by atoms with Gasteiger partial charge in [-0.15, -0.1) is 0 Å². The van der Waals surface area contributed by atoms with E-state index in [9.17, 15) is 0 Å². The van der Waals surface area contributed by atoms with E-state index < -0.39 is 0 Å². The molecule has 1 heterocycles. The molecule has 2 nitrogen and oxygen atoms in total. The molecule has 80 valence electrons. The van der Waals surface area contributed by atoms with Crippen molar-refractivity contribution in [2.45, 2.75) is 27.2 Å². The van der Waals surface area contributed by atoms with Crippen LogP contribution in [-0.4, -0.2) is 11.5 Å². The van der Waals surface area contributed by atoms with Crippen molar-refractivity contribution < 1.29 is 5.73 Å². The van der Waals surface area contributed by atoms with Crippen LogP contribution in [0.3, 0.4) is 0 Å². The van der Waals surface area contributed by atoms with Gasteiger partial charge in [0.05, 0.1) is 6.54 Å². The third-order valence-electron chi connectivity index (χ3n) is 3.00. The summed E-state index contributed by atoms with van der Waals surface area (Å²) >= 11 is 0. The minimum atomic E-state index is 0.959. The summed E-state index contributed by atoms with van der Waals surface area (Å²) in [5, 5.41) is 1.38. The number of rotatable bonds is 2. The van der Waals surface area contributed by atoms with E-state index >= 15 is 0 Å². The van der Waals surface area contributed by atoms with Gasteiger partial charge in [-0.2, -0.15) is 0 Å². The number of aromatic nitrogens is 1. The quantitative estimate of drug-likeness (QED) is 0.748.